The zero-order valence-corrected chi connectivity index (χ0v) is 21.3. The van der Waals surface area contributed by atoms with E-state index in [2.05, 4.69) is 41.9 Å². The summed E-state index contributed by atoms with van der Waals surface area (Å²) in [6, 6.07) is 16.3. The summed E-state index contributed by atoms with van der Waals surface area (Å²) >= 11 is 1.54. The van der Waals surface area contributed by atoms with E-state index in [1.807, 2.05) is 42.2 Å². The number of anilines is 1. The topological polar surface area (TPSA) is 58.4 Å². The Kier molecular flexibility index (Phi) is 6.43. The molecule has 7 heteroatoms. The summed E-state index contributed by atoms with van der Waals surface area (Å²) in [5.74, 6) is 0.0855. The predicted molar refractivity (Wildman–Crippen MR) is 143 cm³/mol. The molecule has 4 aromatic rings. The maximum absolute atomic E-state index is 13.4. The molecule has 3 heterocycles. The van der Waals surface area contributed by atoms with Gasteiger partial charge in [0.25, 0.3) is 5.56 Å². The van der Waals surface area contributed by atoms with Crippen molar-refractivity contribution in [3.05, 3.63) is 81.2 Å². The molecule has 0 unspecified atom stereocenters. The largest absolute Gasteiger partial charge is 0.368 e. The number of benzene rings is 2. The average molecular weight is 487 g/mol. The van der Waals surface area contributed by atoms with Gasteiger partial charge in [-0.3, -0.25) is 14.2 Å². The van der Waals surface area contributed by atoms with Gasteiger partial charge in [-0.1, -0.05) is 42.5 Å². The third-order valence-corrected chi connectivity index (χ3v) is 8.05. The second-order valence-corrected chi connectivity index (χ2v) is 10.4. The van der Waals surface area contributed by atoms with Crippen molar-refractivity contribution in [2.24, 2.45) is 0 Å². The van der Waals surface area contributed by atoms with Crippen LogP contribution in [0.5, 0.6) is 0 Å². The lowest BCUT2D eigenvalue weighted by atomic mass is 10.0. The van der Waals surface area contributed by atoms with Gasteiger partial charge in [0.1, 0.15) is 4.83 Å². The standard InChI is InChI=1S/C28H30N4O2S/c1-19-8-7-11-23(20(19)2)30-14-16-31(17-15-30)24(33)12-13-32-18-29-27-26(28(32)34)25(21(3)35-27)22-9-5-4-6-10-22/h4-11,18H,12-17H2,1-3H3. The van der Waals surface area contributed by atoms with Gasteiger partial charge in [0.2, 0.25) is 5.91 Å². The number of aromatic nitrogens is 2. The first-order chi connectivity index (χ1) is 16.9. The number of hydrogen-bond donors (Lipinski definition) is 0. The van der Waals surface area contributed by atoms with Crippen LogP contribution in [0.2, 0.25) is 0 Å². The van der Waals surface area contributed by atoms with E-state index in [0.29, 0.717) is 31.4 Å². The molecule has 180 valence electrons. The van der Waals surface area contributed by atoms with Crippen LogP contribution in [0.1, 0.15) is 22.4 Å². The fraction of sp³-hybridized carbons (Fsp3) is 0.321. The number of thiophene rings is 1. The number of hydrogen-bond acceptors (Lipinski definition) is 5. The Labute approximate surface area is 209 Å². The fourth-order valence-electron chi connectivity index (χ4n) is 4.90. The zero-order valence-electron chi connectivity index (χ0n) is 20.5. The van der Waals surface area contributed by atoms with Gasteiger partial charge in [0.15, 0.2) is 0 Å². The summed E-state index contributed by atoms with van der Waals surface area (Å²) < 4.78 is 1.59. The Morgan fingerprint density at radius 1 is 0.971 bits per heavy atom. The van der Waals surface area contributed by atoms with E-state index >= 15 is 0 Å². The first-order valence-corrected chi connectivity index (χ1v) is 12.9. The number of piperazine rings is 1. The summed E-state index contributed by atoms with van der Waals surface area (Å²) in [4.78, 5) is 37.0. The first kappa shape index (κ1) is 23.3. The molecule has 5 rings (SSSR count). The maximum atomic E-state index is 13.4. The number of nitrogens with zero attached hydrogens (tertiary/aromatic N) is 4. The molecule has 1 aliphatic rings. The number of carbonyl (C=O) groups excluding carboxylic acids is 1. The molecule has 1 saturated heterocycles. The van der Waals surface area contributed by atoms with Gasteiger partial charge < -0.3 is 9.80 Å². The smallest absolute Gasteiger partial charge is 0.262 e. The number of rotatable bonds is 5. The molecule has 2 aromatic heterocycles. The Balaban J connectivity index is 1.28. The van der Waals surface area contributed by atoms with Crippen molar-refractivity contribution >= 4 is 33.1 Å². The SMILES string of the molecule is Cc1cccc(N2CCN(C(=O)CCn3cnc4sc(C)c(-c5ccccc5)c4c3=O)CC2)c1C. The van der Waals surface area contributed by atoms with E-state index in [4.69, 9.17) is 0 Å². The maximum Gasteiger partial charge on any atom is 0.262 e. The quantitative estimate of drug-likeness (QED) is 0.407. The molecule has 1 aliphatic heterocycles. The number of aryl methyl sites for hydroxylation is 3. The van der Waals surface area contributed by atoms with Crippen LogP contribution in [0.4, 0.5) is 5.69 Å². The molecule has 0 saturated carbocycles. The van der Waals surface area contributed by atoms with Crippen LogP contribution in [0.25, 0.3) is 21.3 Å². The van der Waals surface area contributed by atoms with Crippen molar-refractivity contribution in [2.75, 3.05) is 31.1 Å². The van der Waals surface area contributed by atoms with Gasteiger partial charge in [-0.25, -0.2) is 4.98 Å². The number of fused-ring (bicyclic) bond motifs is 1. The van der Waals surface area contributed by atoms with Crippen molar-refractivity contribution < 1.29 is 4.79 Å². The lowest BCUT2D eigenvalue weighted by molar-refractivity contribution is -0.131. The van der Waals surface area contributed by atoms with Crippen LogP contribution in [-0.2, 0) is 11.3 Å². The van der Waals surface area contributed by atoms with Gasteiger partial charge in [0, 0.05) is 55.3 Å². The monoisotopic (exact) mass is 486 g/mol. The molecule has 0 N–H and O–H groups in total. The molecule has 2 aromatic carbocycles. The summed E-state index contributed by atoms with van der Waals surface area (Å²) in [5, 5.41) is 0.649. The number of carbonyl (C=O) groups is 1. The van der Waals surface area contributed by atoms with E-state index < -0.39 is 0 Å². The molecule has 0 radical (unpaired) electrons. The Morgan fingerprint density at radius 3 is 2.46 bits per heavy atom. The summed E-state index contributed by atoms with van der Waals surface area (Å²) in [5.41, 5.74) is 5.73. The van der Waals surface area contributed by atoms with Gasteiger partial charge in [-0.05, 0) is 43.5 Å². The van der Waals surface area contributed by atoms with Gasteiger partial charge in [-0.2, -0.15) is 0 Å². The zero-order chi connectivity index (χ0) is 24.5. The third-order valence-electron chi connectivity index (χ3n) is 7.03. The van der Waals surface area contributed by atoms with E-state index in [0.717, 1.165) is 33.9 Å². The predicted octanol–water partition coefficient (Wildman–Crippen LogP) is 4.79. The molecule has 1 fully saturated rings. The van der Waals surface area contributed by atoms with Crippen LogP contribution in [-0.4, -0.2) is 46.5 Å². The molecule has 0 spiro atoms. The summed E-state index contributed by atoms with van der Waals surface area (Å²) in [7, 11) is 0. The van der Waals surface area contributed by atoms with Crippen LogP contribution >= 0.6 is 11.3 Å². The minimum Gasteiger partial charge on any atom is -0.368 e. The molecule has 0 aliphatic carbocycles. The van der Waals surface area contributed by atoms with Crippen molar-refractivity contribution in [1.29, 1.82) is 0 Å². The Bertz CT molecular complexity index is 1430. The van der Waals surface area contributed by atoms with E-state index in [1.54, 1.807) is 10.9 Å². The van der Waals surface area contributed by atoms with Gasteiger partial charge in [-0.15, -0.1) is 11.3 Å². The average Bonchev–Trinajstić information content (AvgIpc) is 3.22. The van der Waals surface area contributed by atoms with Crippen LogP contribution in [0, 0.1) is 20.8 Å². The highest BCUT2D eigenvalue weighted by Gasteiger charge is 2.23. The second kappa shape index (κ2) is 9.66. The Morgan fingerprint density at radius 2 is 1.71 bits per heavy atom. The fourth-order valence-corrected chi connectivity index (χ4v) is 5.90. The first-order valence-electron chi connectivity index (χ1n) is 12.1. The molecule has 1 amide bonds. The van der Waals surface area contributed by atoms with Crippen LogP contribution in [0.15, 0.2) is 59.7 Å². The lowest BCUT2D eigenvalue weighted by Crippen LogP contribution is -2.49. The molecular weight excluding hydrogens is 456 g/mol. The van der Waals surface area contributed by atoms with Crippen molar-refractivity contribution in [1.82, 2.24) is 14.5 Å². The van der Waals surface area contributed by atoms with Crippen LogP contribution in [0.3, 0.4) is 0 Å². The number of amides is 1. The van der Waals surface area contributed by atoms with E-state index in [-0.39, 0.29) is 11.5 Å². The van der Waals surface area contributed by atoms with Crippen LogP contribution < -0.4 is 10.5 Å². The summed E-state index contributed by atoms with van der Waals surface area (Å²) in [6.07, 6.45) is 1.88. The minimum atomic E-state index is -0.0780. The second-order valence-electron chi connectivity index (χ2n) is 9.16. The minimum absolute atomic E-state index is 0.0780. The molecule has 6 nitrogen and oxygen atoms in total. The normalized spacial score (nSPS) is 14.0. The van der Waals surface area contributed by atoms with Crippen molar-refractivity contribution in [3.8, 4) is 11.1 Å². The summed E-state index contributed by atoms with van der Waals surface area (Å²) in [6.45, 7) is 9.67. The third kappa shape index (κ3) is 4.48. The molecular formula is C28H30N4O2S. The van der Waals surface area contributed by atoms with E-state index in [1.165, 1.54) is 28.2 Å². The highest BCUT2D eigenvalue weighted by atomic mass is 32.1. The Hall–Kier alpha value is -3.45. The highest BCUT2D eigenvalue weighted by molar-refractivity contribution is 7.19. The molecule has 35 heavy (non-hydrogen) atoms. The van der Waals surface area contributed by atoms with Gasteiger partial charge in [0.05, 0.1) is 11.7 Å². The molecule has 0 atom stereocenters. The van der Waals surface area contributed by atoms with E-state index in [9.17, 15) is 9.59 Å². The van der Waals surface area contributed by atoms with Crippen molar-refractivity contribution in [2.45, 2.75) is 33.7 Å². The van der Waals surface area contributed by atoms with Gasteiger partial charge >= 0.3 is 0 Å². The molecule has 0 bridgehead atoms. The lowest BCUT2D eigenvalue weighted by Gasteiger charge is -2.37. The highest BCUT2D eigenvalue weighted by Crippen LogP contribution is 2.35. The van der Waals surface area contributed by atoms with Crippen molar-refractivity contribution in [3.63, 3.8) is 0 Å².